The molecule has 134 valence electrons. The number of thiazole rings is 1. The fourth-order valence-corrected chi connectivity index (χ4v) is 4.06. The van der Waals surface area contributed by atoms with Gasteiger partial charge in [-0.05, 0) is 24.6 Å². The van der Waals surface area contributed by atoms with Crippen molar-refractivity contribution in [3.8, 4) is 11.3 Å². The summed E-state index contributed by atoms with van der Waals surface area (Å²) >= 11 is 1.17. The number of carbonyl (C=O) groups is 1. The molecule has 0 saturated carbocycles. The number of rotatable bonds is 5. The molecule has 1 atom stereocenters. The molecular formula is C18H18N4O2S2. The van der Waals surface area contributed by atoms with Crippen molar-refractivity contribution in [2.45, 2.75) is 17.6 Å². The number of pyridine rings is 1. The second-order valence-electron chi connectivity index (χ2n) is 5.70. The summed E-state index contributed by atoms with van der Waals surface area (Å²) in [6.45, 7) is 1.73. The molecule has 0 aliphatic rings. The smallest absolute Gasteiger partial charge is 0.232 e. The van der Waals surface area contributed by atoms with Gasteiger partial charge in [-0.15, -0.1) is 0 Å². The number of nitrogens with zero attached hydrogens (tertiary/aromatic N) is 3. The number of likely N-dealkylation sites (N-methyl/N-ethyl adjacent to an activating group) is 1. The molecule has 26 heavy (non-hydrogen) atoms. The van der Waals surface area contributed by atoms with Gasteiger partial charge in [0.15, 0.2) is 5.13 Å². The fourth-order valence-electron chi connectivity index (χ4n) is 2.42. The Morgan fingerprint density at radius 3 is 2.58 bits per heavy atom. The summed E-state index contributed by atoms with van der Waals surface area (Å²) in [5.74, 6) is -0.0984. The third-order valence-electron chi connectivity index (χ3n) is 3.85. The number of aromatic nitrogens is 2. The van der Waals surface area contributed by atoms with Crippen LogP contribution in [0.5, 0.6) is 0 Å². The van der Waals surface area contributed by atoms with Crippen molar-refractivity contribution < 1.29 is 9.35 Å². The number of carbonyl (C=O) groups excluding carboxylic acids is 1. The Labute approximate surface area is 158 Å². The van der Waals surface area contributed by atoms with Crippen molar-refractivity contribution in [3.05, 3.63) is 59.9 Å². The van der Waals surface area contributed by atoms with Crippen LogP contribution in [0.4, 0.5) is 5.13 Å². The van der Waals surface area contributed by atoms with Crippen LogP contribution < -0.4 is 4.90 Å². The van der Waals surface area contributed by atoms with E-state index in [2.05, 4.69) is 9.97 Å². The lowest BCUT2D eigenvalue weighted by Crippen LogP contribution is -2.27. The average Bonchev–Trinajstić information content (AvgIpc) is 3.04. The molecule has 0 aliphatic heterocycles. The number of aryl methyl sites for hydroxylation is 1. The van der Waals surface area contributed by atoms with Gasteiger partial charge in [-0.2, -0.15) is 0 Å². The molecule has 2 heterocycles. The molecule has 1 amide bonds. The molecule has 1 aromatic carbocycles. The lowest BCUT2D eigenvalue weighted by Gasteiger charge is -2.13. The fraction of sp³-hybridized carbons (Fsp3) is 0.167. The number of anilines is 1. The van der Waals surface area contributed by atoms with Gasteiger partial charge in [0, 0.05) is 18.8 Å². The van der Waals surface area contributed by atoms with Gasteiger partial charge in [0.05, 0.1) is 28.8 Å². The lowest BCUT2D eigenvalue weighted by atomic mass is 10.1. The first-order valence-corrected chi connectivity index (χ1v) is 9.84. The van der Waals surface area contributed by atoms with Crippen molar-refractivity contribution in [2.75, 3.05) is 11.9 Å². The predicted molar refractivity (Wildman–Crippen MR) is 105 cm³/mol. The Balaban J connectivity index is 1.71. The van der Waals surface area contributed by atoms with Gasteiger partial charge in [0.25, 0.3) is 0 Å². The zero-order valence-corrected chi connectivity index (χ0v) is 16.0. The summed E-state index contributed by atoms with van der Waals surface area (Å²) in [7, 11) is 0.0626. The highest BCUT2D eigenvalue weighted by Gasteiger charge is 2.18. The van der Waals surface area contributed by atoms with Crippen LogP contribution in [-0.4, -0.2) is 27.5 Å². The molecule has 0 aliphatic carbocycles. The number of hydrogen-bond donors (Lipinski definition) is 2. The highest BCUT2D eigenvalue weighted by Crippen LogP contribution is 2.28. The molecular weight excluding hydrogens is 368 g/mol. The summed E-state index contributed by atoms with van der Waals surface area (Å²) in [6.07, 6.45) is 2.00. The molecule has 3 rings (SSSR count). The molecule has 0 spiro atoms. The van der Waals surface area contributed by atoms with E-state index in [1.807, 2.05) is 42.5 Å². The Hall–Kier alpha value is -2.42. The third kappa shape index (κ3) is 4.04. The molecule has 0 bridgehead atoms. The van der Waals surface area contributed by atoms with Gasteiger partial charge in [-0.3, -0.25) is 19.5 Å². The molecule has 8 heteroatoms. The number of nitrogens with one attached hydrogen (secondary N) is 1. The number of hydrogen-bond acceptors (Lipinski definition) is 5. The van der Waals surface area contributed by atoms with Crippen LogP contribution in [0, 0.1) is 11.7 Å². The number of benzene rings is 1. The minimum Gasteiger partial charge on any atom is -0.318 e. The lowest BCUT2D eigenvalue weighted by molar-refractivity contribution is -0.117. The van der Waals surface area contributed by atoms with Crippen LogP contribution in [0.25, 0.3) is 11.3 Å². The molecule has 0 fully saturated rings. The van der Waals surface area contributed by atoms with Crippen LogP contribution in [-0.2, 0) is 22.2 Å². The van der Waals surface area contributed by atoms with Crippen LogP contribution in [0.1, 0.15) is 11.3 Å². The molecule has 0 radical (unpaired) electrons. The van der Waals surface area contributed by atoms with E-state index in [1.54, 1.807) is 20.2 Å². The van der Waals surface area contributed by atoms with Crippen molar-refractivity contribution in [1.29, 1.82) is 4.78 Å². The summed E-state index contributed by atoms with van der Waals surface area (Å²) in [5, 5.41) is 0.492. The minimum atomic E-state index is -1.60. The summed E-state index contributed by atoms with van der Waals surface area (Å²) in [6, 6.07) is 13.5. The zero-order valence-electron chi connectivity index (χ0n) is 14.3. The topological polar surface area (TPSA) is 90.2 Å². The molecule has 6 nitrogen and oxygen atoms in total. The largest absolute Gasteiger partial charge is 0.318 e. The van der Waals surface area contributed by atoms with E-state index in [1.165, 1.54) is 16.2 Å². The molecule has 0 saturated heterocycles. The third-order valence-corrected chi connectivity index (χ3v) is 6.25. The summed E-state index contributed by atoms with van der Waals surface area (Å²) < 4.78 is 17.4. The standard InChI is InChI=1S/C18H18N4O2S2/c1-12-17(26(19)24)25-18(21-12)22(2)16(23)11-13-6-8-14(9-7-13)15-5-3-4-10-20-15/h3-10H,11H2,1-2H3,(H2,19,24). The Morgan fingerprint density at radius 2 is 2.00 bits per heavy atom. The molecule has 2 aromatic heterocycles. The molecule has 3 aromatic rings. The zero-order chi connectivity index (χ0) is 18.7. The van der Waals surface area contributed by atoms with E-state index >= 15 is 0 Å². The average molecular weight is 387 g/mol. The van der Waals surface area contributed by atoms with E-state index in [4.69, 9.17) is 4.78 Å². The van der Waals surface area contributed by atoms with Crippen molar-refractivity contribution in [2.24, 2.45) is 0 Å². The maximum Gasteiger partial charge on any atom is 0.232 e. The first-order valence-electron chi connectivity index (χ1n) is 7.84. The van der Waals surface area contributed by atoms with Crippen molar-refractivity contribution in [3.63, 3.8) is 0 Å². The first kappa shape index (κ1) is 18.4. The molecule has 1 unspecified atom stereocenters. The van der Waals surface area contributed by atoms with Crippen LogP contribution in [0.3, 0.4) is 0 Å². The van der Waals surface area contributed by atoms with Gasteiger partial charge in [0.1, 0.15) is 4.21 Å². The summed E-state index contributed by atoms with van der Waals surface area (Å²) in [5.41, 5.74) is 3.38. The van der Waals surface area contributed by atoms with Gasteiger partial charge in [-0.1, -0.05) is 41.7 Å². The Bertz CT molecular complexity index is 940. The highest BCUT2D eigenvalue weighted by molar-refractivity contribution is 7.83. The van der Waals surface area contributed by atoms with Crippen LogP contribution >= 0.6 is 11.3 Å². The monoisotopic (exact) mass is 386 g/mol. The second-order valence-corrected chi connectivity index (χ2v) is 7.91. The summed E-state index contributed by atoms with van der Waals surface area (Å²) in [4.78, 5) is 22.6. The van der Waals surface area contributed by atoms with E-state index in [0.29, 0.717) is 15.0 Å². The first-order chi connectivity index (χ1) is 12.5. The van der Waals surface area contributed by atoms with E-state index in [0.717, 1.165) is 16.8 Å². The van der Waals surface area contributed by atoms with Gasteiger partial charge in [0.2, 0.25) is 5.91 Å². The van der Waals surface area contributed by atoms with Gasteiger partial charge < -0.3 is 4.55 Å². The Morgan fingerprint density at radius 1 is 1.27 bits per heavy atom. The number of amides is 1. The quantitative estimate of drug-likeness (QED) is 0.695. The Kier molecular flexibility index (Phi) is 5.55. The van der Waals surface area contributed by atoms with Crippen LogP contribution in [0.2, 0.25) is 0 Å². The predicted octanol–water partition coefficient (Wildman–Crippen LogP) is 3.93. The van der Waals surface area contributed by atoms with Crippen LogP contribution in [0.15, 0.2) is 52.9 Å². The maximum absolute atomic E-state index is 12.5. The van der Waals surface area contributed by atoms with E-state index in [-0.39, 0.29) is 12.3 Å². The SMILES string of the molecule is Cc1nc(N(C)C(=O)Cc2ccc(-c3ccccn3)cc2)sc1S(=N)O. The second kappa shape index (κ2) is 7.86. The molecule has 2 N–H and O–H groups in total. The minimum absolute atomic E-state index is 0.0984. The highest BCUT2D eigenvalue weighted by atomic mass is 32.2. The van der Waals surface area contributed by atoms with Gasteiger partial charge in [-0.25, -0.2) is 4.98 Å². The van der Waals surface area contributed by atoms with Crippen molar-refractivity contribution >= 4 is 33.3 Å². The maximum atomic E-state index is 12.5. The normalized spacial score (nSPS) is 12.0. The van der Waals surface area contributed by atoms with Gasteiger partial charge >= 0.3 is 0 Å². The van der Waals surface area contributed by atoms with E-state index in [9.17, 15) is 9.35 Å². The van der Waals surface area contributed by atoms with E-state index < -0.39 is 11.0 Å². The van der Waals surface area contributed by atoms with Crippen molar-refractivity contribution in [1.82, 2.24) is 9.97 Å².